The molecule has 1 fully saturated rings. The molecule has 7 nitrogen and oxygen atoms in total. The first-order valence-electron chi connectivity index (χ1n) is 6.11. The number of carbonyl (C=O) groups is 2. The molecule has 0 aromatic heterocycles. The second kappa shape index (κ2) is 5.28. The first kappa shape index (κ1) is 14.0. The second-order valence-electron chi connectivity index (χ2n) is 4.91. The number of nitrogens with zero attached hydrogens (tertiary/aromatic N) is 2. The lowest BCUT2D eigenvalue weighted by atomic mass is 10.2. The molecular formula is C13H14N2O5. The van der Waals surface area contributed by atoms with Gasteiger partial charge in [0.1, 0.15) is 0 Å². The van der Waals surface area contributed by atoms with Crippen LogP contribution in [0.5, 0.6) is 0 Å². The van der Waals surface area contributed by atoms with E-state index in [0.29, 0.717) is 12.0 Å². The van der Waals surface area contributed by atoms with Crippen LogP contribution >= 0.6 is 0 Å². The van der Waals surface area contributed by atoms with Crippen molar-refractivity contribution in [3.8, 4) is 0 Å². The summed E-state index contributed by atoms with van der Waals surface area (Å²) >= 11 is 0. The zero-order chi connectivity index (χ0) is 14.9. The summed E-state index contributed by atoms with van der Waals surface area (Å²) in [5, 5.41) is 19.5. The summed E-state index contributed by atoms with van der Waals surface area (Å²) in [6.45, 7) is 0.226. The highest BCUT2D eigenvalue weighted by molar-refractivity contribution is 5.89. The highest BCUT2D eigenvalue weighted by Crippen LogP contribution is 2.40. The molecule has 0 aliphatic heterocycles. The number of hydrogen-bond acceptors (Lipinski definition) is 4. The fraction of sp³-hybridized carbons (Fsp3) is 0.385. The minimum Gasteiger partial charge on any atom is -0.481 e. The van der Waals surface area contributed by atoms with Crippen molar-refractivity contribution < 1.29 is 19.6 Å². The van der Waals surface area contributed by atoms with Crippen LogP contribution in [0, 0.1) is 22.0 Å². The van der Waals surface area contributed by atoms with Crippen LogP contribution in [-0.4, -0.2) is 33.9 Å². The van der Waals surface area contributed by atoms with Crippen LogP contribution in [0.3, 0.4) is 0 Å². The molecule has 1 aromatic rings. The Morgan fingerprint density at radius 3 is 2.70 bits per heavy atom. The van der Waals surface area contributed by atoms with Crippen molar-refractivity contribution in [1.82, 2.24) is 4.90 Å². The number of rotatable bonds is 5. The second-order valence-corrected chi connectivity index (χ2v) is 4.91. The van der Waals surface area contributed by atoms with E-state index < -0.39 is 22.7 Å². The van der Waals surface area contributed by atoms with E-state index in [1.54, 1.807) is 19.2 Å². The average molecular weight is 278 g/mol. The minimum absolute atomic E-state index is 0.0295. The standard InChI is InChI=1S/C13H14N2O5/c1-14(12(16)10-6-11(10)13(17)18)7-8-3-2-4-9(5-8)15(19)20/h2-5,10-11H,6-7H2,1H3,(H,17,18). The van der Waals surface area contributed by atoms with E-state index in [0.717, 1.165) is 0 Å². The Labute approximate surface area is 115 Å². The van der Waals surface area contributed by atoms with Crippen LogP contribution < -0.4 is 0 Å². The smallest absolute Gasteiger partial charge is 0.307 e. The van der Waals surface area contributed by atoms with Crippen LogP contribution in [0.1, 0.15) is 12.0 Å². The van der Waals surface area contributed by atoms with Gasteiger partial charge in [-0.3, -0.25) is 19.7 Å². The van der Waals surface area contributed by atoms with E-state index in [-0.39, 0.29) is 18.1 Å². The zero-order valence-electron chi connectivity index (χ0n) is 10.9. The van der Waals surface area contributed by atoms with Crippen molar-refractivity contribution >= 4 is 17.6 Å². The molecule has 2 atom stereocenters. The molecule has 1 aliphatic carbocycles. The van der Waals surface area contributed by atoms with E-state index >= 15 is 0 Å². The normalized spacial score (nSPS) is 20.2. The largest absolute Gasteiger partial charge is 0.481 e. The Balaban J connectivity index is 1.99. The SMILES string of the molecule is CN(Cc1cccc([N+](=O)[O-])c1)C(=O)C1CC1C(=O)O. The number of aliphatic carboxylic acids is 1. The third-order valence-corrected chi connectivity index (χ3v) is 3.34. The molecular weight excluding hydrogens is 264 g/mol. The summed E-state index contributed by atoms with van der Waals surface area (Å²) in [6.07, 6.45) is 0.368. The lowest BCUT2D eigenvalue weighted by molar-refractivity contribution is -0.384. The van der Waals surface area contributed by atoms with Gasteiger partial charge in [-0.25, -0.2) is 0 Å². The molecule has 0 heterocycles. The summed E-state index contributed by atoms with van der Waals surface area (Å²) in [6, 6.07) is 6.04. The first-order chi connectivity index (χ1) is 9.40. The Hall–Kier alpha value is -2.44. The number of nitro benzene ring substituents is 1. The van der Waals surface area contributed by atoms with Gasteiger partial charge in [-0.15, -0.1) is 0 Å². The van der Waals surface area contributed by atoms with Crippen LogP contribution in [-0.2, 0) is 16.1 Å². The van der Waals surface area contributed by atoms with Crippen molar-refractivity contribution in [3.63, 3.8) is 0 Å². The van der Waals surface area contributed by atoms with E-state index in [2.05, 4.69) is 0 Å². The molecule has 0 bridgehead atoms. The highest BCUT2D eigenvalue weighted by atomic mass is 16.6. The number of nitro groups is 1. The third-order valence-electron chi connectivity index (χ3n) is 3.34. The lowest BCUT2D eigenvalue weighted by Gasteiger charge is -2.17. The minimum atomic E-state index is -0.952. The van der Waals surface area contributed by atoms with Gasteiger partial charge < -0.3 is 10.0 Å². The summed E-state index contributed by atoms with van der Waals surface area (Å²) in [4.78, 5) is 34.3. The molecule has 1 saturated carbocycles. The summed E-state index contributed by atoms with van der Waals surface area (Å²) in [7, 11) is 1.57. The average Bonchev–Trinajstić information content (AvgIpc) is 3.18. The third kappa shape index (κ3) is 2.93. The summed E-state index contributed by atoms with van der Waals surface area (Å²) in [5.41, 5.74) is 0.612. The number of hydrogen-bond donors (Lipinski definition) is 1. The maximum Gasteiger partial charge on any atom is 0.307 e. The van der Waals surface area contributed by atoms with E-state index in [4.69, 9.17) is 5.11 Å². The summed E-state index contributed by atoms with van der Waals surface area (Å²) in [5.74, 6) is -2.23. The van der Waals surface area contributed by atoms with Crippen molar-refractivity contribution in [2.24, 2.45) is 11.8 Å². The summed E-state index contributed by atoms with van der Waals surface area (Å²) < 4.78 is 0. The number of amides is 1. The molecule has 1 amide bonds. The zero-order valence-corrected chi connectivity index (χ0v) is 10.9. The maximum absolute atomic E-state index is 12.0. The van der Waals surface area contributed by atoms with E-state index in [1.165, 1.54) is 17.0 Å². The number of non-ortho nitro benzene ring substituents is 1. The fourth-order valence-corrected chi connectivity index (χ4v) is 2.14. The Bertz CT molecular complexity index is 572. The predicted octanol–water partition coefficient (Wildman–Crippen LogP) is 1.27. The van der Waals surface area contributed by atoms with Crippen molar-refractivity contribution in [2.75, 3.05) is 7.05 Å². The predicted molar refractivity (Wildman–Crippen MR) is 68.8 cm³/mol. The monoisotopic (exact) mass is 278 g/mol. The molecule has 106 valence electrons. The van der Waals surface area contributed by atoms with Gasteiger partial charge >= 0.3 is 5.97 Å². The number of benzene rings is 1. The van der Waals surface area contributed by atoms with Crippen LogP contribution in [0.25, 0.3) is 0 Å². The van der Waals surface area contributed by atoms with Gasteiger partial charge in [0, 0.05) is 25.7 Å². The van der Waals surface area contributed by atoms with Crippen molar-refractivity contribution in [2.45, 2.75) is 13.0 Å². The van der Waals surface area contributed by atoms with Gasteiger partial charge in [0.25, 0.3) is 5.69 Å². The van der Waals surface area contributed by atoms with Crippen molar-refractivity contribution in [1.29, 1.82) is 0 Å². The molecule has 1 aliphatic rings. The molecule has 0 radical (unpaired) electrons. The molecule has 1 N–H and O–H groups in total. The Morgan fingerprint density at radius 2 is 2.15 bits per heavy atom. The topological polar surface area (TPSA) is 101 Å². The van der Waals surface area contributed by atoms with Gasteiger partial charge in [0.2, 0.25) is 5.91 Å². The Kier molecular flexibility index (Phi) is 3.69. The van der Waals surface area contributed by atoms with Crippen molar-refractivity contribution in [3.05, 3.63) is 39.9 Å². The molecule has 20 heavy (non-hydrogen) atoms. The first-order valence-corrected chi connectivity index (χ1v) is 6.11. The molecule has 1 aromatic carbocycles. The number of carbonyl (C=O) groups excluding carboxylic acids is 1. The Morgan fingerprint density at radius 1 is 1.45 bits per heavy atom. The number of carboxylic acids is 1. The molecule has 0 saturated heterocycles. The molecule has 2 unspecified atom stereocenters. The van der Waals surface area contributed by atoms with E-state index in [1.807, 2.05) is 0 Å². The lowest BCUT2D eigenvalue weighted by Crippen LogP contribution is -2.28. The molecule has 7 heteroatoms. The van der Waals surface area contributed by atoms with E-state index in [9.17, 15) is 19.7 Å². The van der Waals surface area contributed by atoms with Gasteiger partial charge in [-0.2, -0.15) is 0 Å². The maximum atomic E-state index is 12.0. The van der Waals surface area contributed by atoms with Gasteiger partial charge in [-0.1, -0.05) is 12.1 Å². The number of carboxylic acid groups (broad SMARTS) is 1. The molecule has 0 spiro atoms. The van der Waals surface area contributed by atoms with Crippen LogP contribution in [0.2, 0.25) is 0 Å². The highest BCUT2D eigenvalue weighted by Gasteiger charge is 2.49. The molecule has 2 rings (SSSR count). The van der Waals surface area contributed by atoms with Gasteiger partial charge in [0.15, 0.2) is 0 Å². The quantitative estimate of drug-likeness (QED) is 0.645. The van der Waals surface area contributed by atoms with Crippen LogP contribution in [0.4, 0.5) is 5.69 Å². The van der Waals surface area contributed by atoms with Gasteiger partial charge in [0.05, 0.1) is 16.8 Å². The fourth-order valence-electron chi connectivity index (χ4n) is 2.14. The van der Waals surface area contributed by atoms with Gasteiger partial charge in [-0.05, 0) is 12.0 Å². The van der Waals surface area contributed by atoms with Crippen LogP contribution in [0.15, 0.2) is 24.3 Å².